The van der Waals surface area contributed by atoms with Gasteiger partial charge in [-0.1, -0.05) is 148 Å². The quantitative estimate of drug-likeness (QED) is 0.129. The van der Waals surface area contributed by atoms with E-state index in [4.69, 9.17) is 5.73 Å². The third kappa shape index (κ3) is 27.9. The minimum atomic E-state index is 0.812. The van der Waals surface area contributed by atoms with Crippen LogP contribution in [0.4, 0.5) is 0 Å². The summed E-state index contributed by atoms with van der Waals surface area (Å²) in [7, 11) is 0. The van der Waals surface area contributed by atoms with Crippen molar-refractivity contribution in [3.63, 3.8) is 0 Å². The van der Waals surface area contributed by atoms with Gasteiger partial charge in [0.25, 0.3) is 0 Å². The average molecular weight is 425 g/mol. The minimum Gasteiger partial charge on any atom is -0.330 e. The van der Waals surface area contributed by atoms with Crippen LogP contribution in [-0.2, 0) is 0 Å². The number of nitrogens with two attached hydrogens (primary N) is 1. The lowest BCUT2D eigenvalue weighted by Gasteiger charge is -2.05. The Balaban J connectivity index is 2.97. The smallest absolute Gasteiger partial charge is 0.00369 e. The topological polar surface area (TPSA) is 38.0 Å². The largest absolute Gasteiger partial charge is 0.330 e. The van der Waals surface area contributed by atoms with Crippen LogP contribution in [0, 0.1) is 0 Å². The molecule has 182 valence electrons. The van der Waals surface area contributed by atoms with Gasteiger partial charge in [0, 0.05) is 0 Å². The van der Waals surface area contributed by atoms with Crippen molar-refractivity contribution in [2.75, 3.05) is 19.6 Å². The van der Waals surface area contributed by atoms with Crippen molar-refractivity contribution in [2.24, 2.45) is 5.73 Å². The second-order valence-electron chi connectivity index (χ2n) is 9.67. The zero-order chi connectivity index (χ0) is 21.8. The molecule has 0 aliphatic rings. The molecule has 0 aromatic rings. The first-order valence-corrected chi connectivity index (χ1v) is 14.3. The van der Waals surface area contributed by atoms with Gasteiger partial charge in [-0.2, -0.15) is 0 Å². The average Bonchev–Trinajstić information content (AvgIpc) is 2.76. The molecule has 0 rings (SSSR count). The highest BCUT2D eigenvalue weighted by Crippen LogP contribution is 2.15. The first-order valence-electron chi connectivity index (χ1n) is 14.3. The predicted octanol–water partition coefficient (Wildman–Crippen LogP) is 8.92. The Hall–Kier alpha value is -0.0800. The van der Waals surface area contributed by atoms with E-state index in [9.17, 15) is 0 Å². The second kappa shape index (κ2) is 28.9. The maximum atomic E-state index is 5.49. The zero-order valence-electron chi connectivity index (χ0n) is 21.2. The highest BCUT2D eigenvalue weighted by Gasteiger charge is 1.96. The van der Waals surface area contributed by atoms with E-state index in [1.165, 1.54) is 154 Å². The summed E-state index contributed by atoms with van der Waals surface area (Å²) in [5.74, 6) is 0. The molecule has 0 unspecified atom stereocenters. The molecule has 0 heterocycles. The van der Waals surface area contributed by atoms with Crippen LogP contribution in [-0.4, -0.2) is 19.6 Å². The minimum absolute atomic E-state index is 0.812. The van der Waals surface area contributed by atoms with Gasteiger partial charge in [0.05, 0.1) is 0 Å². The Labute approximate surface area is 191 Å². The molecular formula is C28H60N2. The van der Waals surface area contributed by atoms with Crippen LogP contribution < -0.4 is 11.1 Å². The monoisotopic (exact) mass is 424 g/mol. The summed E-state index contributed by atoms with van der Waals surface area (Å²) >= 11 is 0. The number of unbranched alkanes of at least 4 members (excludes halogenated alkanes) is 22. The molecule has 0 aromatic heterocycles. The van der Waals surface area contributed by atoms with Crippen molar-refractivity contribution in [1.29, 1.82) is 0 Å². The van der Waals surface area contributed by atoms with Crippen molar-refractivity contribution in [3.8, 4) is 0 Å². The molecule has 0 aromatic carbocycles. The van der Waals surface area contributed by atoms with Crippen molar-refractivity contribution < 1.29 is 0 Å². The molecule has 0 bridgehead atoms. The van der Waals surface area contributed by atoms with Gasteiger partial charge in [-0.15, -0.1) is 0 Å². The van der Waals surface area contributed by atoms with E-state index < -0.39 is 0 Å². The summed E-state index contributed by atoms with van der Waals surface area (Å²) in [6.07, 6.45) is 34.7. The lowest BCUT2D eigenvalue weighted by Crippen LogP contribution is -2.19. The van der Waals surface area contributed by atoms with E-state index in [0.717, 1.165) is 19.5 Å². The van der Waals surface area contributed by atoms with E-state index in [1.807, 2.05) is 0 Å². The molecule has 2 nitrogen and oxygen atoms in total. The Bertz CT molecular complexity index is 252. The fourth-order valence-electron chi connectivity index (χ4n) is 4.39. The molecule has 3 N–H and O–H groups in total. The predicted molar refractivity (Wildman–Crippen MR) is 138 cm³/mol. The molecule has 0 aliphatic carbocycles. The van der Waals surface area contributed by atoms with Gasteiger partial charge in [-0.25, -0.2) is 0 Å². The van der Waals surface area contributed by atoms with E-state index in [1.54, 1.807) is 0 Å². The SMILES string of the molecule is CCCCCCCCCCCCCCCCCCCCCCCCCNCCCN. The molecule has 0 fully saturated rings. The molecular weight excluding hydrogens is 364 g/mol. The molecule has 30 heavy (non-hydrogen) atoms. The Morgan fingerprint density at radius 2 is 0.633 bits per heavy atom. The van der Waals surface area contributed by atoms with E-state index in [-0.39, 0.29) is 0 Å². The van der Waals surface area contributed by atoms with Crippen molar-refractivity contribution >= 4 is 0 Å². The highest BCUT2D eigenvalue weighted by molar-refractivity contribution is 4.53. The van der Waals surface area contributed by atoms with Crippen LogP contribution in [0.2, 0.25) is 0 Å². The summed E-state index contributed by atoms with van der Waals surface area (Å²) in [5.41, 5.74) is 5.49. The maximum Gasteiger partial charge on any atom is -0.00369 e. The van der Waals surface area contributed by atoms with Gasteiger partial charge < -0.3 is 11.1 Å². The number of hydrogen-bond donors (Lipinski definition) is 2. The second-order valence-corrected chi connectivity index (χ2v) is 9.67. The third-order valence-corrected chi connectivity index (χ3v) is 6.51. The van der Waals surface area contributed by atoms with Crippen LogP contribution in [0.1, 0.15) is 161 Å². The molecule has 0 atom stereocenters. The van der Waals surface area contributed by atoms with Gasteiger partial charge in [0.1, 0.15) is 0 Å². The number of nitrogens with one attached hydrogen (secondary N) is 1. The summed E-state index contributed by atoms with van der Waals surface area (Å²) in [4.78, 5) is 0. The van der Waals surface area contributed by atoms with Crippen LogP contribution in [0.5, 0.6) is 0 Å². The van der Waals surface area contributed by atoms with Crippen molar-refractivity contribution in [3.05, 3.63) is 0 Å². The number of rotatable bonds is 27. The normalized spacial score (nSPS) is 11.4. The molecule has 0 amide bonds. The molecule has 0 radical (unpaired) electrons. The van der Waals surface area contributed by atoms with Crippen molar-refractivity contribution in [2.45, 2.75) is 161 Å². The van der Waals surface area contributed by atoms with Crippen molar-refractivity contribution in [1.82, 2.24) is 5.32 Å². The summed E-state index contributed by atoms with van der Waals surface area (Å²) in [5, 5.41) is 3.47. The van der Waals surface area contributed by atoms with E-state index >= 15 is 0 Å². The summed E-state index contributed by atoms with van der Waals surface area (Å²) < 4.78 is 0. The molecule has 0 spiro atoms. The van der Waals surface area contributed by atoms with Crippen LogP contribution in [0.25, 0.3) is 0 Å². The van der Waals surface area contributed by atoms with Gasteiger partial charge in [0.15, 0.2) is 0 Å². The lowest BCUT2D eigenvalue weighted by molar-refractivity contribution is 0.516. The first kappa shape index (κ1) is 29.9. The lowest BCUT2D eigenvalue weighted by atomic mass is 10.0. The first-order chi connectivity index (χ1) is 14.9. The Kier molecular flexibility index (Phi) is 28.8. The van der Waals surface area contributed by atoms with E-state index in [0.29, 0.717) is 0 Å². The van der Waals surface area contributed by atoms with Gasteiger partial charge in [-0.3, -0.25) is 0 Å². The Morgan fingerprint density at radius 1 is 0.367 bits per heavy atom. The Morgan fingerprint density at radius 3 is 0.933 bits per heavy atom. The molecule has 0 saturated heterocycles. The maximum absolute atomic E-state index is 5.49. The van der Waals surface area contributed by atoms with Crippen LogP contribution in [0.3, 0.4) is 0 Å². The standard InChI is InChI=1S/C28H60N2/c1-2-3-4-5-6-7-8-9-10-11-12-13-14-15-16-17-18-19-20-21-22-23-24-27-30-28-25-26-29/h30H,2-29H2,1H3. The zero-order valence-corrected chi connectivity index (χ0v) is 21.2. The van der Waals surface area contributed by atoms with Gasteiger partial charge in [0.2, 0.25) is 0 Å². The fraction of sp³-hybridized carbons (Fsp3) is 1.00. The summed E-state index contributed by atoms with van der Waals surface area (Å²) in [6, 6.07) is 0. The molecule has 0 aliphatic heterocycles. The van der Waals surface area contributed by atoms with Gasteiger partial charge in [-0.05, 0) is 32.5 Å². The number of hydrogen-bond acceptors (Lipinski definition) is 2. The van der Waals surface area contributed by atoms with Crippen LogP contribution in [0.15, 0.2) is 0 Å². The molecule has 0 saturated carbocycles. The fourth-order valence-corrected chi connectivity index (χ4v) is 4.39. The molecule has 2 heteroatoms. The van der Waals surface area contributed by atoms with E-state index in [2.05, 4.69) is 12.2 Å². The van der Waals surface area contributed by atoms with Crippen LogP contribution >= 0.6 is 0 Å². The highest BCUT2D eigenvalue weighted by atomic mass is 14.8. The van der Waals surface area contributed by atoms with Gasteiger partial charge >= 0.3 is 0 Å². The third-order valence-electron chi connectivity index (χ3n) is 6.51. The summed E-state index contributed by atoms with van der Waals surface area (Å²) in [6.45, 7) is 5.39.